The fraction of sp³-hybridized carbons (Fsp3) is 0.500. The van der Waals surface area contributed by atoms with E-state index in [1.165, 1.54) is 22.5 Å². The van der Waals surface area contributed by atoms with Gasteiger partial charge in [-0.3, -0.25) is 9.67 Å². The number of rotatable bonds is 6. The van der Waals surface area contributed by atoms with E-state index >= 15 is 0 Å². The van der Waals surface area contributed by atoms with E-state index in [0.717, 1.165) is 24.6 Å². The van der Waals surface area contributed by atoms with Gasteiger partial charge < -0.3 is 15.5 Å². The lowest BCUT2D eigenvalue weighted by Gasteiger charge is -2.18. The Labute approximate surface area is 180 Å². The van der Waals surface area contributed by atoms with Crippen LogP contribution in [0.25, 0.3) is 0 Å². The number of hydrogen-bond donors (Lipinski definition) is 2. The number of benzene rings is 1. The van der Waals surface area contributed by atoms with Gasteiger partial charge in [-0.15, -0.1) is 24.0 Å². The second-order valence-electron chi connectivity index (χ2n) is 7.01. The van der Waals surface area contributed by atoms with Crippen LogP contribution in [0.15, 0.2) is 29.3 Å². The smallest absolute Gasteiger partial charge is 0.191 e. The van der Waals surface area contributed by atoms with Crippen molar-refractivity contribution in [3.63, 3.8) is 0 Å². The summed E-state index contributed by atoms with van der Waals surface area (Å²) in [5.41, 5.74) is 6.06. The van der Waals surface area contributed by atoms with Gasteiger partial charge in [0.25, 0.3) is 0 Å². The maximum Gasteiger partial charge on any atom is 0.191 e. The SMILES string of the molecule is CN=C(NCc1ccc(N(C)C)cc1)NC(C)Cc1c(C)nn(C)c1C.I. The minimum Gasteiger partial charge on any atom is -0.378 e. The van der Waals surface area contributed by atoms with Crippen molar-refractivity contribution >= 4 is 35.6 Å². The molecule has 2 rings (SSSR count). The van der Waals surface area contributed by atoms with Crippen molar-refractivity contribution in [3.05, 3.63) is 46.8 Å². The van der Waals surface area contributed by atoms with E-state index in [-0.39, 0.29) is 30.0 Å². The zero-order valence-electron chi connectivity index (χ0n) is 17.5. The minimum atomic E-state index is 0. The molecule has 1 heterocycles. The molecule has 1 atom stereocenters. The molecule has 0 aliphatic carbocycles. The first-order valence-electron chi connectivity index (χ1n) is 9.04. The fourth-order valence-corrected chi connectivity index (χ4v) is 3.00. The summed E-state index contributed by atoms with van der Waals surface area (Å²) in [6.07, 6.45) is 0.920. The van der Waals surface area contributed by atoms with Crippen LogP contribution in [0.4, 0.5) is 5.69 Å². The fourth-order valence-electron chi connectivity index (χ4n) is 3.00. The second kappa shape index (κ2) is 10.5. The van der Waals surface area contributed by atoms with E-state index in [4.69, 9.17) is 0 Å². The zero-order chi connectivity index (χ0) is 19.3. The van der Waals surface area contributed by atoms with Crippen LogP contribution in [0.5, 0.6) is 0 Å². The first-order valence-corrected chi connectivity index (χ1v) is 9.04. The summed E-state index contributed by atoms with van der Waals surface area (Å²) in [5, 5.41) is 11.4. The number of aromatic nitrogens is 2. The molecule has 0 bridgehead atoms. The van der Waals surface area contributed by atoms with Crippen LogP contribution in [0.1, 0.15) is 29.4 Å². The summed E-state index contributed by atoms with van der Waals surface area (Å²) in [7, 11) is 7.89. The molecule has 0 fully saturated rings. The molecule has 150 valence electrons. The number of halogens is 1. The van der Waals surface area contributed by atoms with Gasteiger partial charge in [0, 0.05) is 52.2 Å². The van der Waals surface area contributed by atoms with Crippen LogP contribution < -0.4 is 15.5 Å². The molecule has 7 heteroatoms. The lowest BCUT2D eigenvalue weighted by molar-refractivity contribution is 0.635. The van der Waals surface area contributed by atoms with Gasteiger partial charge in [-0.2, -0.15) is 5.10 Å². The van der Waals surface area contributed by atoms with E-state index in [0.29, 0.717) is 0 Å². The van der Waals surface area contributed by atoms with Crippen molar-refractivity contribution in [2.24, 2.45) is 12.0 Å². The average molecular weight is 484 g/mol. The minimum absolute atomic E-state index is 0. The Morgan fingerprint density at radius 3 is 2.33 bits per heavy atom. The van der Waals surface area contributed by atoms with Crippen molar-refractivity contribution in [1.82, 2.24) is 20.4 Å². The molecule has 27 heavy (non-hydrogen) atoms. The van der Waals surface area contributed by atoms with Crippen molar-refractivity contribution in [3.8, 4) is 0 Å². The molecule has 0 aliphatic heterocycles. The highest BCUT2D eigenvalue weighted by molar-refractivity contribution is 14.0. The Hall–Kier alpha value is -1.77. The summed E-state index contributed by atoms with van der Waals surface area (Å²) in [6, 6.07) is 8.80. The molecular weight excluding hydrogens is 451 g/mol. The van der Waals surface area contributed by atoms with Gasteiger partial charge in [0.2, 0.25) is 0 Å². The Balaban J connectivity index is 0.00000364. The number of aryl methyl sites for hydroxylation is 2. The molecule has 1 unspecified atom stereocenters. The standard InChI is InChI=1S/C20H32N6.HI/c1-14(12-19-15(2)24-26(7)16(19)3)23-20(21-4)22-13-17-8-10-18(11-9-17)25(5)6;/h8-11,14H,12-13H2,1-7H3,(H2,21,22,23);1H. The summed E-state index contributed by atoms with van der Waals surface area (Å²) >= 11 is 0. The van der Waals surface area contributed by atoms with Gasteiger partial charge in [0.15, 0.2) is 5.96 Å². The summed E-state index contributed by atoms with van der Waals surface area (Å²) in [6.45, 7) is 7.10. The predicted octanol–water partition coefficient (Wildman–Crippen LogP) is 3.02. The molecule has 2 N–H and O–H groups in total. The monoisotopic (exact) mass is 484 g/mol. The number of anilines is 1. The molecule has 6 nitrogen and oxygen atoms in total. The van der Waals surface area contributed by atoms with Crippen molar-refractivity contribution in [2.45, 2.75) is 39.8 Å². The van der Waals surface area contributed by atoms with Crippen LogP contribution in [-0.2, 0) is 20.0 Å². The molecule has 1 aromatic carbocycles. The molecule has 0 spiro atoms. The molecule has 0 aliphatic rings. The molecule has 0 saturated heterocycles. The normalized spacial score (nSPS) is 12.3. The van der Waals surface area contributed by atoms with Crippen LogP contribution >= 0.6 is 24.0 Å². The van der Waals surface area contributed by atoms with Crippen molar-refractivity contribution < 1.29 is 0 Å². The van der Waals surface area contributed by atoms with Crippen LogP contribution in [0, 0.1) is 13.8 Å². The maximum absolute atomic E-state index is 4.50. The third-order valence-corrected chi connectivity index (χ3v) is 4.69. The highest BCUT2D eigenvalue weighted by Crippen LogP contribution is 2.14. The first-order chi connectivity index (χ1) is 12.3. The van der Waals surface area contributed by atoms with Gasteiger partial charge >= 0.3 is 0 Å². The van der Waals surface area contributed by atoms with E-state index in [1.54, 1.807) is 7.05 Å². The summed E-state index contributed by atoms with van der Waals surface area (Å²) in [4.78, 5) is 6.44. The maximum atomic E-state index is 4.50. The predicted molar refractivity (Wildman–Crippen MR) is 125 cm³/mol. The largest absolute Gasteiger partial charge is 0.378 e. The first kappa shape index (κ1) is 23.3. The van der Waals surface area contributed by atoms with Gasteiger partial charge in [0.1, 0.15) is 0 Å². The Kier molecular flexibility index (Phi) is 9.08. The number of guanidine groups is 1. The third-order valence-electron chi connectivity index (χ3n) is 4.69. The lowest BCUT2D eigenvalue weighted by Crippen LogP contribution is -2.42. The molecule has 0 radical (unpaired) electrons. The van der Waals surface area contributed by atoms with Crippen LogP contribution in [0.2, 0.25) is 0 Å². The molecular formula is C20H33IN6. The topological polar surface area (TPSA) is 57.5 Å². The quantitative estimate of drug-likeness (QED) is 0.376. The summed E-state index contributed by atoms with van der Waals surface area (Å²) < 4.78 is 1.95. The molecule has 0 saturated carbocycles. The number of hydrogen-bond acceptors (Lipinski definition) is 3. The lowest BCUT2D eigenvalue weighted by atomic mass is 10.1. The van der Waals surface area contributed by atoms with Crippen LogP contribution in [-0.4, -0.2) is 42.9 Å². The van der Waals surface area contributed by atoms with Gasteiger partial charge in [-0.25, -0.2) is 0 Å². The molecule has 2 aromatic rings. The van der Waals surface area contributed by atoms with Crippen molar-refractivity contribution in [2.75, 3.05) is 26.0 Å². The second-order valence-corrected chi connectivity index (χ2v) is 7.01. The number of nitrogens with zero attached hydrogens (tertiary/aromatic N) is 4. The Morgan fingerprint density at radius 2 is 1.85 bits per heavy atom. The zero-order valence-corrected chi connectivity index (χ0v) is 19.8. The number of aliphatic imine (C=N–C) groups is 1. The van der Waals surface area contributed by atoms with Crippen LogP contribution in [0.3, 0.4) is 0 Å². The Bertz CT molecular complexity index is 749. The van der Waals surface area contributed by atoms with Gasteiger partial charge in [-0.1, -0.05) is 12.1 Å². The van der Waals surface area contributed by atoms with Crippen molar-refractivity contribution in [1.29, 1.82) is 0 Å². The third kappa shape index (κ3) is 6.41. The Morgan fingerprint density at radius 1 is 1.22 bits per heavy atom. The van der Waals surface area contributed by atoms with E-state index in [2.05, 4.69) is 70.7 Å². The van der Waals surface area contributed by atoms with E-state index in [1.807, 2.05) is 25.8 Å². The average Bonchev–Trinajstić information content (AvgIpc) is 2.85. The van der Waals surface area contributed by atoms with E-state index in [9.17, 15) is 0 Å². The molecule has 0 amide bonds. The highest BCUT2D eigenvalue weighted by atomic mass is 127. The summed E-state index contributed by atoms with van der Waals surface area (Å²) in [5.74, 6) is 0.813. The molecule has 1 aromatic heterocycles. The van der Waals surface area contributed by atoms with Gasteiger partial charge in [0.05, 0.1) is 5.69 Å². The number of nitrogens with one attached hydrogen (secondary N) is 2. The highest BCUT2D eigenvalue weighted by Gasteiger charge is 2.14. The van der Waals surface area contributed by atoms with E-state index < -0.39 is 0 Å². The van der Waals surface area contributed by atoms with Gasteiger partial charge in [-0.05, 0) is 50.5 Å².